The van der Waals surface area contributed by atoms with E-state index in [0.29, 0.717) is 0 Å². The van der Waals surface area contributed by atoms with Crippen molar-refractivity contribution >= 4 is 32.5 Å². The summed E-state index contributed by atoms with van der Waals surface area (Å²) in [5.41, 5.74) is 0. The Hall–Kier alpha value is -1.33. The number of rotatable bonds is 3. The molecule has 106 valence electrons. The third-order valence-electron chi connectivity index (χ3n) is 3.56. The molecule has 2 aromatic rings. The molecular formula is C15H17BrN2O2. The Morgan fingerprint density at radius 3 is 3.15 bits per heavy atom. The molecule has 1 saturated heterocycles. The Morgan fingerprint density at radius 1 is 1.45 bits per heavy atom. The van der Waals surface area contributed by atoms with Gasteiger partial charge in [0.2, 0.25) is 0 Å². The molecule has 0 N–H and O–H groups in total. The highest BCUT2D eigenvalue weighted by atomic mass is 79.9. The van der Waals surface area contributed by atoms with Crippen molar-refractivity contribution in [3.63, 3.8) is 0 Å². The molecule has 1 unspecified atom stereocenters. The second-order valence-corrected chi connectivity index (χ2v) is 5.46. The molecule has 0 radical (unpaired) electrons. The molecule has 1 atom stereocenters. The summed E-state index contributed by atoms with van der Waals surface area (Å²) in [6.45, 7) is 2.48. The average Bonchev–Trinajstić information content (AvgIpc) is 2.53. The number of hydrogen-bond donors (Lipinski definition) is 0. The number of methoxy groups -OCH3 is 1. The molecule has 0 bridgehead atoms. The van der Waals surface area contributed by atoms with Gasteiger partial charge in [-0.1, -0.05) is 15.9 Å². The van der Waals surface area contributed by atoms with Gasteiger partial charge in [-0.3, -0.25) is 0 Å². The van der Waals surface area contributed by atoms with Crippen molar-refractivity contribution in [1.82, 2.24) is 4.98 Å². The first-order valence-electron chi connectivity index (χ1n) is 6.67. The fraction of sp³-hybridized carbons (Fsp3) is 0.400. The van der Waals surface area contributed by atoms with Crippen LogP contribution < -0.4 is 9.64 Å². The molecule has 5 heteroatoms. The number of nitrogens with zero attached hydrogens (tertiary/aromatic N) is 2. The van der Waals surface area contributed by atoms with E-state index in [1.54, 1.807) is 7.11 Å². The van der Waals surface area contributed by atoms with Gasteiger partial charge in [-0.05, 0) is 29.7 Å². The number of alkyl halides is 1. The molecule has 4 nitrogen and oxygen atoms in total. The molecule has 0 saturated carbocycles. The van der Waals surface area contributed by atoms with Crippen LogP contribution in [0.2, 0.25) is 0 Å². The first kappa shape index (κ1) is 13.6. The van der Waals surface area contributed by atoms with E-state index >= 15 is 0 Å². The predicted octanol–water partition coefficient (Wildman–Crippen LogP) is 2.84. The van der Waals surface area contributed by atoms with Crippen LogP contribution in [0.25, 0.3) is 10.8 Å². The summed E-state index contributed by atoms with van der Waals surface area (Å²) in [6, 6.07) is 8.12. The Labute approximate surface area is 126 Å². The quantitative estimate of drug-likeness (QED) is 0.807. The zero-order chi connectivity index (χ0) is 13.9. The number of anilines is 1. The molecule has 2 heterocycles. The topological polar surface area (TPSA) is 34.6 Å². The monoisotopic (exact) mass is 336 g/mol. The van der Waals surface area contributed by atoms with Gasteiger partial charge in [0.05, 0.1) is 19.8 Å². The summed E-state index contributed by atoms with van der Waals surface area (Å²) in [6.07, 6.45) is 2.08. The summed E-state index contributed by atoms with van der Waals surface area (Å²) in [5, 5.41) is 3.15. The van der Waals surface area contributed by atoms with Crippen LogP contribution in [0.4, 0.5) is 5.82 Å². The summed E-state index contributed by atoms with van der Waals surface area (Å²) in [5.74, 6) is 1.90. The molecule has 3 rings (SSSR count). The van der Waals surface area contributed by atoms with Crippen LogP contribution in [0.5, 0.6) is 5.75 Å². The lowest BCUT2D eigenvalue weighted by Crippen LogP contribution is -2.43. The molecular weight excluding hydrogens is 320 g/mol. The van der Waals surface area contributed by atoms with Crippen molar-refractivity contribution in [2.75, 3.05) is 37.0 Å². The lowest BCUT2D eigenvalue weighted by molar-refractivity contribution is 0.0569. The maximum atomic E-state index is 5.69. The molecule has 0 amide bonds. The van der Waals surface area contributed by atoms with Gasteiger partial charge in [-0.2, -0.15) is 0 Å². The van der Waals surface area contributed by atoms with Crippen molar-refractivity contribution in [1.29, 1.82) is 0 Å². The van der Waals surface area contributed by atoms with Gasteiger partial charge in [-0.15, -0.1) is 0 Å². The first-order chi connectivity index (χ1) is 9.81. The fourth-order valence-electron chi connectivity index (χ4n) is 2.52. The lowest BCUT2D eigenvalue weighted by Gasteiger charge is -2.33. The number of halogens is 1. The van der Waals surface area contributed by atoms with Gasteiger partial charge in [0.25, 0.3) is 0 Å². The van der Waals surface area contributed by atoms with Crippen molar-refractivity contribution in [3.05, 3.63) is 30.5 Å². The van der Waals surface area contributed by atoms with Gasteiger partial charge >= 0.3 is 0 Å². The van der Waals surface area contributed by atoms with E-state index < -0.39 is 0 Å². The number of benzene rings is 1. The molecule has 0 spiro atoms. The van der Waals surface area contributed by atoms with Crippen LogP contribution >= 0.6 is 15.9 Å². The summed E-state index contributed by atoms with van der Waals surface area (Å²) in [4.78, 5) is 6.86. The average molecular weight is 337 g/mol. The molecule has 1 aliphatic rings. The van der Waals surface area contributed by atoms with E-state index in [4.69, 9.17) is 9.47 Å². The number of ether oxygens (including phenoxy) is 2. The molecule has 1 aliphatic heterocycles. The van der Waals surface area contributed by atoms with Gasteiger partial charge < -0.3 is 14.4 Å². The van der Waals surface area contributed by atoms with Gasteiger partial charge in [-0.25, -0.2) is 4.98 Å². The highest BCUT2D eigenvalue weighted by Crippen LogP contribution is 2.28. The normalized spacial score (nSPS) is 19.3. The van der Waals surface area contributed by atoms with Crippen LogP contribution in [0, 0.1) is 0 Å². The molecule has 1 fully saturated rings. The lowest BCUT2D eigenvalue weighted by atomic mass is 10.1. The largest absolute Gasteiger partial charge is 0.497 e. The minimum atomic E-state index is 0.221. The second-order valence-electron chi connectivity index (χ2n) is 4.81. The zero-order valence-electron chi connectivity index (χ0n) is 11.4. The smallest absolute Gasteiger partial charge is 0.136 e. The van der Waals surface area contributed by atoms with E-state index in [9.17, 15) is 0 Å². The first-order valence-corrected chi connectivity index (χ1v) is 7.79. The number of fused-ring (bicyclic) bond motifs is 1. The van der Waals surface area contributed by atoms with E-state index in [-0.39, 0.29) is 6.10 Å². The van der Waals surface area contributed by atoms with Crippen molar-refractivity contribution in [2.24, 2.45) is 0 Å². The van der Waals surface area contributed by atoms with Gasteiger partial charge in [0, 0.05) is 30.0 Å². The van der Waals surface area contributed by atoms with E-state index in [1.807, 2.05) is 24.4 Å². The van der Waals surface area contributed by atoms with Crippen LogP contribution in [0.3, 0.4) is 0 Å². The Kier molecular flexibility index (Phi) is 4.08. The number of pyridine rings is 1. The van der Waals surface area contributed by atoms with Crippen LogP contribution in [-0.4, -0.2) is 43.2 Å². The van der Waals surface area contributed by atoms with E-state index in [1.165, 1.54) is 0 Å². The fourth-order valence-corrected chi connectivity index (χ4v) is 2.92. The SMILES string of the molecule is COc1ccc2c(N3CCOC(CBr)C3)nccc2c1. The molecule has 1 aromatic heterocycles. The summed E-state index contributed by atoms with van der Waals surface area (Å²) in [7, 11) is 1.69. The van der Waals surface area contributed by atoms with Crippen molar-refractivity contribution in [2.45, 2.75) is 6.10 Å². The third-order valence-corrected chi connectivity index (χ3v) is 4.28. The number of hydrogen-bond acceptors (Lipinski definition) is 4. The third kappa shape index (κ3) is 2.60. The highest BCUT2D eigenvalue weighted by Gasteiger charge is 2.21. The molecule has 20 heavy (non-hydrogen) atoms. The maximum absolute atomic E-state index is 5.69. The maximum Gasteiger partial charge on any atom is 0.136 e. The Morgan fingerprint density at radius 2 is 2.35 bits per heavy atom. The van der Waals surface area contributed by atoms with Crippen molar-refractivity contribution in [3.8, 4) is 5.75 Å². The standard InChI is InChI=1S/C15H17BrN2O2/c1-19-12-2-3-14-11(8-12)4-5-17-15(14)18-6-7-20-13(9-16)10-18/h2-5,8,13H,6-7,9-10H2,1H3. The number of aromatic nitrogens is 1. The number of morpholine rings is 1. The van der Waals surface area contributed by atoms with Gasteiger partial charge in [0.15, 0.2) is 0 Å². The minimum absolute atomic E-state index is 0.221. The highest BCUT2D eigenvalue weighted by molar-refractivity contribution is 9.09. The van der Waals surface area contributed by atoms with E-state index in [0.717, 1.165) is 47.4 Å². The van der Waals surface area contributed by atoms with Crippen LogP contribution in [-0.2, 0) is 4.74 Å². The van der Waals surface area contributed by atoms with Crippen molar-refractivity contribution < 1.29 is 9.47 Å². The van der Waals surface area contributed by atoms with Crippen LogP contribution in [0.15, 0.2) is 30.5 Å². The minimum Gasteiger partial charge on any atom is -0.497 e. The summed E-state index contributed by atoms with van der Waals surface area (Å²) < 4.78 is 11.0. The van der Waals surface area contributed by atoms with E-state index in [2.05, 4.69) is 31.9 Å². The van der Waals surface area contributed by atoms with Gasteiger partial charge in [0.1, 0.15) is 11.6 Å². The van der Waals surface area contributed by atoms with Crippen LogP contribution in [0.1, 0.15) is 0 Å². The second kappa shape index (κ2) is 5.97. The molecule has 0 aliphatic carbocycles. The molecule has 1 aromatic carbocycles. The zero-order valence-corrected chi connectivity index (χ0v) is 13.0. The summed E-state index contributed by atoms with van der Waals surface area (Å²) >= 11 is 3.49. The Balaban J connectivity index is 1.98. The Bertz CT molecular complexity index is 605. The predicted molar refractivity (Wildman–Crippen MR) is 84.0 cm³/mol.